The second-order valence-electron chi connectivity index (χ2n) is 4.04. The molecule has 0 spiro atoms. The summed E-state index contributed by atoms with van der Waals surface area (Å²) in [5.41, 5.74) is 6.31. The van der Waals surface area contributed by atoms with Gasteiger partial charge in [0, 0.05) is 19.1 Å². The van der Waals surface area contributed by atoms with Crippen molar-refractivity contribution in [3.8, 4) is 0 Å². The number of piperidine rings is 1. The Hall–Kier alpha value is -2.05. The van der Waals surface area contributed by atoms with Gasteiger partial charge in [0.05, 0.1) is 11.9 Å². The van der Waals surface area contributed by atoms with Gasteiger partial charge in [0.25, 0.3) is 0 Å². The molecule has 1 aromatic heterocycles. The number of nitrogens with zero attached hydrogens (tertiary/aromatic N) is 3. The Balaban J connectivity index is 2.07. The molecular formula is C10H15N5O2. The molecule has 1 atom stereocenters. The molecule has 2 rings (SSSR count). The molecule has 0 aromatic carbocycles. The van der Waals surface area contributed by atoms with Gasteiger partial charge in [0.1, 0.15) is 6.33 Å². The molecular weight excluding hydrogens is 222 g/mol. The van der Waals surface area contributed by atoms with Gasteiger partial charge in [-0.3, -0.25) is 0 Å². The van der Waals surface area contributed by atoms with E-state index in [1.165, 1.54) is 6.33 Å². The molecule has 92 valence electrons. The summed E-state index contributed by atoms with van der Waals surface area (Å²) in [5.74, 6) is 0.678. The van der Waals surface area contributed by atoms with E-state index in [0.717, 1.165) is 19.4 Å². The standard InChI is InChI=1S/C10H15N5O2/c11-8-4-12-6-13-9(8)15-3-1-2-7(5-15)14-10(16)17/h4,6-7,14H,1-3,5,11H2,(H,16,17)/t7-/m0/s1. The van der Waals surface area contributed by atoms with E-state index in [1.807, 2.05) is 4.90 Å². The van der Waals surface area contributed by atoms with E-state index >= 15 is 0 Å². The Bertz CT molecular complexity index is 411. The van der Waals surface area contributed by atoms with Crippen molar-refractivity contribution in [2.45, 2.75) is 18.9 Å². The fraction of sp³-hybridized carbons (Fsp3) is 0.500. The molecule has 1 aliphatic rings. The predicted molar refractivity (Wildman–Crippen MR) is 62.8 cm³/mol. The predicted octanol–water partition coefficient (Wildman–Crippen LogP) is 0.295. The molecule has 0 unspecified atom stereocenters. The molecule has 1 fully saturated rings. The number of anilines is 2. The Morgan fingerprint density at radius 2 is 2.47 bits per heavy atom. The summed E-state index contributed by atoms with van der Waals surface area (Å²) in [5, 5.41) is 11.2. The first-order valence-electron chi connectivity index (χ1n) is 5.46. The summed E-state index contributed by atoms with van der Waals surface area (Å²) in [6.45, 7) is 1.42. The molecule has 1 saturated heterocycles. The van der Waals surface area contributed by atoms with Crippen LogP contribution in [0.5, 0.6) is 0 Å². The van der Waals surface area contributed by atoms with Gasteiger partial charge in [-0.15, -0.1) is 0 Å². The third-order valence-electron chi connectivity index (χ3n) is 2.77. The van der Waals surface area contributed by atoms with Crippen molar-refractivity contribution in [3.05, 3.63) is 12.5 Å². The van der Waals surface area contributed by atoms with Crippen LogP contribution in [0.15, 0.2) is 12.5 Å². The fourth-order valence-corrected chi connectivity index (χ4v) is 2.06. The summed E-state index contributed by atoms with van der Waals surface area (Å²) in [7, 11) is 0. The van der Waals surface area contributed by atoms with Gasteiger partial charge in [-0.2, -0.15) is 0 Å². The van der Waals surface area contributed by atoms with Crippen LogP contribution in [0, 0.1) is 0 Å². The summed E-state index contributed by atoms with van der Waals surface area (Å²) in [6.07, 6.45) is 3.76. The number of nitrogens with two attached hydrogens (primary N) is 1. The summed E-state index contributed by atoms with van der Waals surface area (Å²) in [6, 6.07) is -0.0735. The second-order valence-corrected chi connectivity index (χ2v) is 4.04. The quantitative estimate of drug-likeness (QED) is 0.683. The van der Waals surface area contributed by atoms with Crippen LogP contribution in [0.25, 0.3) is 0 Å². The third kappa shape index (κ3) is 2.74. The van der Waals surface area contributed by atoms with Crippen LogP contribution in [-0.4, -0.2) is 40.3 Å². The topological polar surface area (TPSA) is 104 Å². The van der Waals surface area contributed by atoms with Crippen LogP contribution in [0.3, 0.4) is 0 Å². The van der Waals surface area contributed by atoms with Crippen LogP contribution >= 0.6 is 0 Å². The average molecular weight is 237 g/mol. The van der Waals surface area contributed by atoms with Gasteiger partial charge in [-0.25, -0.2) is 14.8 Å². The Kier molecular flexibility index (Phi) is 3.27. The zero-order chi connectivity index (χ0) is 12.3. The Morgan fingerprint density at radius 3 is 3.18 bits per heavy atom. The van der Waals surface area contributed by atoms with E-state index in [9.17, 15) is 4.79 Å². The van der Waals surface area contributed by atoms with E-state index < -0.39 is 6.09 Å². The highest BCUT2D eigenvalue weighted by molar-refractivity contribution is 5.65. The molecule has 1 aliphatic heterocycles. The number of carbonyl (C=O) groups is 1. The lowest BCUT2D eigenvalue weighted by atomic mass is 10.1. The number of nitrogens with one attached hydrogen (secondary N) is 1. The van der Waals surface area contributed by atoms with Crippen molar-refractivity contribution < 1.29 is 9.90 Å². The minimum absolute atomic E-state index is 0.0735. The van der Waals surface area contributed by atoms with Crippen molar-refractivity contribution in [1.29, 1.82) is 0 Å². The molecule has 0 bridgehead atoms. The maximum Gasteiger partial charge on any atom is 0.404 e. The zero-order valence-corrected chi connectivity index (χ0v) is 9.33. The summed E-state index contributed by atoms with van der Waals surface area (Å²) in [4.78, 5) is 20.5. The highest BCUT2D eigenvalue weighted by Gasteiger charge is 2.23. The lowest BCUT2D eigenvalue weighted by Crippen LogP contribution is -2.47. The normalized spacial score (nSPS) is 20.0. The maximum absolute atomic E-state index is 10.6. The highest BCUT2D eigenvalue weighted by Crippen LogP contribution is 2.22. The number of carboxylic acid groups (broad SMARTS) is 1. The van der Waals surface area contributed by atoms with Crippen LogP contribution in [0.4, 0.5) is 16.3 Å². The molecule has 17 heavy (non-hydrogen) atoms. The molecule has 1 aromatic rings. The SMILES string of the molecule is Nc1cncnc1N1CCC[C@H](NC(=O)O)C1. The molecule has 4 N–H and O–H groups in total. The number of nitrogen functional groups attached to an aromatic ring is 1. The molecule has 7 heteroatoms. The summed E-state index contributed by atoms with van der Waals surface area (Å²) >= 11 is 0. The van der Waals surface area contributed by atoms with Crippen molar-refractivity contribution in [1.82, 2.24) is 15.3 Å². The van der Waals surface area contributed by atoms with Crippen LogP contribution < -0.4 is 16.0 Å². The lowest BCUT2D eigenvalue weighted by molar-refractivity contribution is 0.188. The minimum atomic E-state index is -0.993. The number of hydrogen-bond acceptors (Lipinski definition) is 5. The van der Waals surface area contributed by atoms with Crippen LogP contribution in [-0.2, 0) is 0 Å². The molecule has 7 nitrogen and oxygen atoms in total. The monoisotopic (exact) mass is 237 g/mol. The first kappa shape index (κ1) is 11.4. The number of aromatic nitrogens is 2. The van der Waals surface area contributed by atoms with Crippen molar-refractivity contribution in [3.63, 3.8) is 0 Å². The van der Waals surface area contributed by atoms with Gasteiger partial charge >= 0.3 is 6.09 Å². The number of rotatable bonds is 2. The van der Waals surface area contributed by atoms with Crippen molar-refractivity contribution in [2.24, 2.45) is 0 Å². The van der Waals surface area contributed by atoms with Crippen molar-refractivity contribution >= 4 is 17.6 Å². The molecule has 1 amide bonds. The fourth-order valence-electron chi connectivity index (χ4n) is 2.06. The van der Waals surface area contributed by atoms with Crippen molar-refractivity contribution in [2.75, 3.05) is 23.7 Å². The second kappa shape index (κ2) is 4.86. The smallest absolute Gasteiger partial charge is 0.404 e. The van der Waals surface area contributed by atoms with Crippen LogP contribution in [0.1, 0.15) is 12.8 Å². The van der Waals surface area contributed by atoms with E-state index in [4.69, 9.17) is 10.8 Å². The van der Waals surface area contributed by atoms with Gasteiger partial charge in [-0.05, 0) is 12.8 Å². The third-order valence-corrected chi connectivity index (χ3v) is 2.77. The molecule has 0 radical (unpaired) electrons. The number of hydrogen-bond donors (Lipinski definition) is 3. The largest absolute Gasteiger partial charge is 0.465 e. The van der Waals surface area contributed by atoms with Gasteiger partial charge in [-0.1, -0.05) is 0 Å². The molecule has 0 saturated carbocycles. The van der Waals surface area contributed by atoms with Gasteiger partial charge < -0.3 is 21.1 Å². The first-order chi connectivity index (χ1) is 8.16. The summed E-state index contributed by atoms with van der Waals surface area (Å²) < 4.78 is 0. The van der Waals surface area contributed by atoms with E-state index in [2.05, 4.69) is 15.3 Å². The molecule has 2 heterocycles. The van der Waals surface area contributed by atoms with Crippen LogP contribution in [0.2, 0.25) is 0 Å². The van der Waals surface area contributed by atoms with Gasteiger partial charge in [0.2, 0.25) is 0 Å². The Morgan fingerprint density at radius 1 is 1.65 bits per heavy atom. The lowest BCUT2D eigenvalue weighted by Gasteiger charge is -2.33. The zero-order valence-electron chi connectivity index (χ0n) is 9.33. The molecule has 0 aliphatic carbocycles. The average Bonchev–Trinajstić information content (AvgIpc) is 2.29. The Labute approximate surface area is 98.7 Å². The van der Waals surface area contributed by atoms with E-state index in [1.54, 1.807) is 6.20 Å². The number of amides is 1. The minimum Gasteiger partial charge on any atom is -0.465 e. The first-order valence-corrected chi connectivity index (χ1v) is 5.46. The highest BCUT2D eigenvalue weighted by atomic mass is 16.4. The van der Waals surface area contributed by atoms with Gasteiger partial charge in [0.15, 0.2) is 5.82 Å². The van der Waals surface area contributed by atoms with E-state index in [0.29, 0.717) is 18.1 Å². The maximum atomic E-state index is 10.6. The van der Waals surface area contributed by atoms with E-state index in [-0.39, 0.29) is 6.04 Å².